The van der Waals surface area contributed by atoms with Crippen LogP contribution in [-0.4, -0.2) is 25.1 Å². The average Bonchev–Trinajstić information content (AvgIpc) is 2.58. The third-order valence-corrected chi connectivity index (χ3v) is 3.59. The summed E-state index contributed by atoms with van der Waals surface area (Å²) < 4.78 is 10.4. The average molecular weight is 341 g/mol. The highest BCUT2D eigenvalue weighted by molar-refractivity contribution is 5.81. The molecule has 25 heavy (non-hydrogen) atoms. The number of benzene rings is 2. The van der Waals surface area contributed by atoms with Gasteiger partial charge in [-0.15, -0.1) is 0 Å². The Hall–Kier alpha value is -2.82. The number of hydrogen-bond donors (Lipinski definition) is 1. The Morgan fingerprint density at radius 3 is 2.28 bits per heavy atom. The van der Waals surface area contributed by atoms with Crippen LogP contribution in [0.25, 0.3) is 0 Å². The van der Waals surface area contributed by atoms with Gasteiger partial charge >= 0.3 is 5.97 Å². The lowest BCUT2D eigenvalue weighted by atomic mass is 10.1. The van der Waals surface area contributed by atoms with Crippen LogP contribution in [0.3, 0.4) is 0 Å². The van der Waals surface area contributed by atoms with Gasteiger partial charge in [0.15, 0.2) is 13.2 Å². The van der Waals surface area contributed by atoms with Crippen molar-refractivity contribution < 1.29 is 19.1 Å². The SMILES string of the molecule is Cc1cc(C)cc(OCC(=O)OCC(=O)N[C@@H](C)c2ccccc2)c1. The zero-order valence-electron chi connectivity index (χ0n) is 14.7. The second-order valence-electron chi connectivity index (χ2n) is 5.97. The molecule has 1 N–H and O–H groups in total. The lowest BCUT2D eigenvalue weighted by Gasteiger charge is -2.14. The molecule has 0 fully saturated rings. The molecule has 132 valence electrons. The van der Waals surface area contributed by atoms with E-state index in [9.17, 15) is 9.59 Å². The van der Waals surface area contributed by atoms with E-state index in [1.807, 2.05) is 69.3 Å². The molecule has 0 spiro atoms. The monoisotopic (exact) mass is 341 g/mol. The maximum absolute atomic E-state index is 11.9. The van der Waals surface area contributed by atoms with E-state index in [2.05, 4.69) is 5.32 Å². The topological polar surface area (TPSA) is 64.6 Å². The van der Waals surface area contributed by atoms with Gasteiger partial charge in [-0.2, -0.15) is 0 Å². The minimum Gasteiger partial charge on any atom is -0.482 e. The third kappa shape index (κ3) is 6.30. The first kappa shape index (κ1) is 18.5. The summed E-state index contributed by atoms with van der Waals surface area (Å²) in [6.07, 6.45) is 0. The van der Waals surface area contributed by atoms with Crippen LogP contribution in [0.1, 0.15) is 29.7 Å². The zero-order valence-corrected chi connectivity index (χ0v) is 14.7. The molecule has 5 nitrogen and oxygen atoms in total. The molecule has 0 bridgehead atoms. The first-order valence-electron chi connectivity index (χ1n) is 8.15. The van der Waals surface area contributed by atoms with Gasteiger partial charge in [-0.3, -0.25) is 4.79 Å². The molecular weight excluding hydrogens is 318 g/mol. The van der Waals surface area contributed by atoms with Crippen molar-refractivity contribution in [2.24, 2.45) is 0 Å². The van der Waals surface area contributed by atoms with Crippen molar-refractivity contribution in [1.29, 1.82) is 0 Å². The predicted octanol–water partition coefficient (Wildman–Crippen LogP) is 3.10. The molecule has 0 unspecified atom stereocenters. The molecule has 0 aliphatic heterocycles. The molecule has 0 radical (unpaired) electrons. The number of carbonyl (C=O) groups excluding carboxylic acids is 2. The van der Waals surface area contributed by atoms with Crippen molar-refractivity contribution >= 4 is 11.9 Å². The lowest BCUT2D eigenvalue weighted by Crippen LogP contribution is -2.31. The summed E-state index contributed by atoms with van der Waals surface area (Å²) >= 11 is 0. The van der Waals surface area contributed by atoms with Gasteiger partial charge in [0, 0.05) is 0 Å². The fourth-order valence-electron chi connectivity index (χ4n) is 2.45. The van der Waals surface area contributed by atoms with E-state index in [0.29, 0.717) is 5.75 Å². The minimum absolute atomic E-state index is 0.154. The minimum atomic E-state index is -0.582. The molecule has 1 amide bonds. The molecule has 0 aliphatic rings. The summed E-state index contributed by atoms with van der Waals surface area (Å²) in [5.74, 6) is -0.325. The van der Waals surface area contributed by atoms with Crippen LogP contribution < -0.4 is 10.1 Å². The van der Waals surface area contributed by atoms with E-state index in [0.717, 1.165) is 16.7 Å². The second kappa shape index (κ2) is 8.87. The van der Waals surface area contributed by atoms with Gasteiger partial charge in [-0.1, -0.05) is 36.4 Å². The third-order valence-electron chi connectivity index (χ3n) is 3.59. The van der Waals surface area contributed by atoms with Crippen LogP contribution in [-0.2, 0) is 14.3 Å². The normalized spacial score (nSPS) is 11.5. The van der Waals surface area contributed by atoms with Crippen molar-refractivity contribution in [3.63, 3.8) is 0 Å². The van der Waals surface area contributed by atoms with Gasteiger partial charge < -0.3 is 14.8 Å². The standard InChI is InChI=1S/C20H23NO4/c1-14-9-15(2)11-18(10-14)24-13-20(23)25-12-19(22)21-16(3)17-7-5-4-6-8-17/h4-11,16H,12-13H2,1-3H3,(H,21,22)/t16-/m0/s1. The highest BCUT2D eigenvalue weighted by Gasteiger charge is 2.12. The molecule has 1 atom stereocenters. The van der Waals surface area contributed by atoms with Gasteiger partial charge in [0.05, 0.1) is 6.04 Å². The van der Waals surface area contributed by atoms with Crippen LogP contribution in [0.2, 0.25) is 0 Å². The highest BCUT2D eigenvalue weighted by Crippen LogP contribution is 2.16. The van der Waals surface area contributed by atoms with Gasteiger partial charge in [0.25, 0.3) is 5.91 Å². The molecule has 0 saturated carbocycles. The maximum Gasteiger partial charge on any atom is 0.344 e. The summed E-state index contributed by atoms with van der Waals surface area (Å²) in [4.78, 5) is 23.6. The van der Waals surface area contributed by atoms with Crippen molar-refractivity contribution in [2.45, 2.75) is 26.8 Å². The van der Waals surface area contributed by atoms with Crippen LogP contribution in [0.5, 0.6) is 5.75 Å². The smallest absolute Gasteiger partial charge is 0.344 e. The van der Waals surface area contributed by atoms with Crippen molar-refractivity contribution in [2.75, 3.05) is 13.2 Å². The Balaban J connectivity index is 1.73. The number of carbonyl (C=O) groups is 2. The van der Waals surface area contributed by atoms with E-state index < -0.39 is 5.97 Å². The van der Waals surface area contributed by atoms with Crippen LogP contribution in [0.4, 0.5) is 0 Å². The van der Waals surface area contributed by atoms with Crippen molar-refractivity contribution in [1.82, 2.24) is 5.32 Å². The van der Waals surface area contributed by atoms with E-state index >= 15 is 0 Å². The molecule has 0 saturated heterocycles. The molecular formula is C20H23NO4. The van der Waals surface area contributed by atoms with Crippen molar-refractivity contribution in [3.05, 3.63) is 65.2 Å². The van der Waals surface area contributed by atoms with E-state index in [1.54, 1.807) is 0 Å². The second-order valence-corrected chi connectivity index (χ2v) is 5.97. The first-order chi connectivity index (χ1) is 11.9. The Labute approximate surface area is 148 Å². The molecule has 0 aliphatic carbocycles. The Morgan fingerprint density at radius 1 is 1.00 bits per heavy atom. The van der Waals surface area contributed by atoms with E-state index in [4.69, 9.17) is 9.47 Å². The quantitative estimate of drug-likeness (QED) is 0.786. The summed E-state index contributed by atoms with van der Waals surface area (Å²) in [5, 5.41) is 2.78. The first-order valence-corrected chi connectivity index (χ1v) is 8.15. The fraction of sp³-hybridized carbons (Fsp3) is 0.300. The number of hydrogen-bond acceptors (Lipinski definition) is 4. The Bertz CT molecular complexity index is 707. The van der Waals surface area contributed by atoms with Gasteiger partial charge in [0.2, 0.25) is 0 Å². The molecule has 5 heteroatoms. The lowest BCUT2D eigenvalue weighted by molar-refractivity contribution is -0.150. The van der Waals surface area contributed by atoms with Crippen LogP contribution in [0, 0.1) is 13.8 Å². The van der Waals surface area contributed by atoms with Gasteiger partial charge in [-0.25, -0.2) is 4.79 Å². The summed E-state index contributed by atoms with van der Waals surface area (Å²) in [7, 11) is 0. The fourth-order valence-corrected chi connectivity index (χ4v) is 2.45. The molecule has 0 heterocycles. The number of esters is 1. The summed E-state index contributed by atoms with van der Waals surface area (Å²) in [5.41, 5.74) is 3.09. The number of nitrogens with one attached hydrogen (secondary N) is 1. The molecule has 2 rings (SSSR count). The molecule has 2 aromatic rings. The Morgan fingerprint density at radius 2 is 1.64 bits per heavy atom. The number of ether oxygens (including phenoxy) is 2. The van der Waals surface area contributed by atoms with E-state index in [-0.39, 0.29) is 25.2 Å². The number of amides is 1. The Kier molecular flexibility index (Phi) is 6.57. The summed E-state index contributed by atoms with van der Waals surface area (Å²) in [6.45, 7) is 5.22. The van der Waals surface area contributed by atoms with Crippen molar-refractivity contribution in [3.8, 4) is 5.75 Å². The predicted molar refractivity (Wildman–Crippen MR) is 95.4 cm³/mol. The van der Waals surface area contributed by atoms with E-state index in [1.165, 1.54) is 0 Å². The van der Waals surface area contributed by atoms with Gasteiger partial charge in [-0.05, 0) is 49.6 Å². The highest BCUT2D eigenvalue weighted by atomic mass is 16.6. The largest absolute Gasteiger partial charge is 0.482 e. The van der Waals surface area contributed by atoms with Gasteiger partial charge in [0.1, 0.15) is 5.75 Å². The van der Waals surface area contributed by atoms with Crippen LogP contribution >= 0.6 is 0 Å². The van der Waals surface area contributed by atoms with Crippen LogP contribution in [0.15, 0.2) is 48.5 Å². The molecule has 2 aromatic carbocycles. The zero-order chi connectivity index (χ0) is 18.2. The maximum atomic E-state index is 11.9. The molecule has 0 aromatic heterocycles. The number of rotatable bonds is 7. The number of aryl methyl sites for hydroxylation is 2. The summed E-state index contributed by atoms with van der Waals surface area (Å²) in [6, 6.07) is 15.1.